The number of rotatable bonds is 4. The molecule has 1 aliphatic heterocycles. The largest absolute Gasteiger partial charge is 0.508 e. The quantitative estimate of drug-likeness (QED) is 0.879. The van der Waals surface area contributed by atoms with Crippen molar-refractivity contribution >= 4 is 5.91 Å². The van der Waals surface area contributed by atoms with Gasteiger partial charge < -0.3 is 19.9 Å². The van der Waals surface area contributed by atoms with Gasteiger partial charge in [-0.3, -0.25) is 4.79 Å². The molecule has 21 heavy (non-hydrogen) atoms. The van der Waals surface area contributed by atoms with E-state index in [9.17, 15) is 14.3 Å². The maximum absolute atomic E-state index is 13.7. The van der Waals surface area contributed by atoms with E-state index in [1.165, 1.54) is 6.07 Å². The number of aromatic hydroxyl groups is 1. The van der Waals surface area contributed by atoms with Crippen molar-refractivity contribution in [3.05, 3.63) is 29.6 Å². The third kappa shape index (κ3) is 2.49. The van der Waals surface area contributed by atoms with Crippen molar-refractivity contribution in [2.45, 2.75) is 18.6 Å². The van der Waals surface area contributed by atoms with Crippen molar-refractivity contribution in [3.8, 4) is 5.75 Å². The lowest BCUT2D eigenvalue weighted by atomic mass is 9.67. The summed E-state index contributed by atoms with van der Waals surface area (Å²) < 4.78 is 24.5. The number of hydrogen-bond donors (Lipinski definition) is 2. The highest BCUT2D eigenvalue weighted by molar-refractivity contribution is 5.95. The average Bonchev–Trinajstić information content (AvgIpc) is 2.89. The second-order valence-electron chi connectivity index (χ2n) is 5.57. The Kier molecular flexibility index (Phi) is 3.82. The fourth-order valence-corrected chi connectivity index (χ4v) is 3.35. The number of phenols is 1. The van der Waals surface area contributed by atoms with Gasteiger partial charge in [-0.1, -0.05) is 0 Å². The SMILES string of the molecule is COC[C@H]1[C@@H](NC(=O)c2cc(O)ccc2F)[C@H]2CCO[C@H]21. The zero-order valence-corrected chi connectivity index (χ0v) is 11.7. The Bertz CT molecular complexity index is 550. The summed E-state index contributed by atoms with van der Waals surface area (Å²) in [6.07, 6.45) is 1.00. The molecule has 1 saturated carbocycles. The summed E-state index contributed by atoms with van der Waals surface area (Å²) in [5.74, 6) is -0.945. The van der Waals surface area contributed by atoms with E-state index in [1.807, 2.05) is 0 Å². The normalized spacial score (nSPS) is 30.6. The van der Waals surface area contributed by atoms with Crippen LogP contribution in [0.15, 0.2) is 18.2 Å². The van der Waals surface area contributed by atoms with Crippen LogP contribution in [0.2, 0.25) is 0 Å². The molecule has 1 saturated heterocycles. The molecule has 0 aromatic heterocycles. The van der Waals surface area contributed by atoms with E-state index in [2.05, 4.69) is 5.32 Å². The molecule has 0 radical (unpaired) electrons. The first kappa shape index (κ1) is 14.3. The van der Waals surface area contributed by atoms with Crippen LogP contribution in [-0.2, 0) is 9.47 Å². The van der Waals surface area contributed by atoms with Gasteiger partial charge in [0.05, 0.1) is 18.3 Å². The zero-order chi connectivity index (χ0) is 15.0. The fraction of sp³-hybridized carbons (Fsp3) is 0.533. The van der Waals surface area contributed by atoms with Gasteiger partial charge in [0.25, 0.3) is 5.91 Å². The number of carbonyl (C=O) groups excluding carboxylic acids is 1. The van der Waals surface area contributed by atoms with Crippen LogP contribution in [0, 0.1) is 17.7 Å². The molecule has 3 rings (SSSR count). The lowest BCUT2D eigenvalue weighted by Gasteiger charge is -2.47. The van der Waals surface area contributed by atoms with Gasteiger partial charge in [-0.25, -0.2) is 4.39 Å². The minimum Gasteiger partial charge on any atom is -0.508 e. The summed E-state index contributed by atoms with van der Waals surface area (Å²) in [4.78, 5) is 12.2. The van der Waals surface area contributed by atoms with Crippen molar-refractivity contribution in [1.29, 1.82) is 0 Å². The molecule has 1 amide bonds. The topological polar surface area (TPSA) is 67.8 Å². The van der Waals surface area contributed by atoms with E-state index in [4.69, 9.17) is 9.47 Å². The second-order valence-corrected chi connectivity index (χ2v) is 5.57. The van der Waals surface area contributed by atoms with Crippen LogP contribution in [0.1, 0.15) is 16.8 Å². The molecule has 4 atom stereocenters. The predicted molar refractivity (Wildman–Crippen MR) is 72.5 cm³/mol. The van der Waals surface area contributed by atoms with Crippen molar-refractivity contribution in [2.24, 2.45) is 11.8 Å². The number of amides is 1. The van der Waals surface area contributed by atoms with E-state index in [0.717, 1.165) is 18.6 Å². The summed E-state index contributed by atoms with van der Waals surface area (Å²) >= 11 is 0. The van der Waals surface area contributed by atoms with E-state index in [1.54, 1.807) is 7.11 Å². The van der Waals surface area contributed by atoms with Crippen molar-refractivity contribution < 1.29 is 23.8 Å². The van der Waals surface area contributed by atoms with Crippen molar-refractivity contribution in [1.82, 2.24) is 5.32 Å². The first-order valence-electron chi connectivity index (χ1n) is 7.01. The molecule has 1 aliphatic carbocycles. The molecular formula is C15H18FNO4. The van der Waals surface area contributed by atoms with Crippen molar-refractivity contribution in [3.63, 3.8) is 0 Å². The number of halogens is 1. The lowest BCUT2D eigenvalue weighted by molar-refractivity contribution is -0.0809. The summed E-state index contributed by atoms with van der Waals surface area (Å²) in [6, 6.07) is 3.35. The Balaban J connectivity index is 1.73. The van der Waals surface area contributed by atoms with Crippen LogP contribution in [0.3, 0.4) is 0 Å². The second kappa shape index (κ2) is 5.61. The molecule has 5 nitrogen and oxygen atoms in total. The number of methoxy groups -OCH3 is 1. The van der Waals surface area contributed by atoms with E-state index in [0.29, 0.717) is 13.2 Å². The molecule has 6 heteroatoms. The molecule has 2 fully saturated rings. The third-order valence-corrected chi connectivity index (χ3v) is 4.38. The van der Waals surface area contributed by atoms with Gasteiger partial charge in [0.2, 0.25) is 0 Å². The molecular weight excluding hydrogens is 277 g/mol. The molecule has 0 spiro atoms. The minimum absolute atomic E-state index is 0.0771. The van der Waals surface area contributed by atoms with Gasteiger partial charge >= 0.3 is 0 Å². The standard InChI is InChI=1S/C15H18FNO4/c1-20-7-11-13(9-4-5-21-14(9)11)17-15(19)10-6-8(18)2-3-12(10)16/h2-3,6,9,11,13-14,18H,4-5,7H2,1H3,(H,17,19)/t9-,11+,13+,14-/m1/s1. The van der Waals surface area contributed by atoms with E-state index in [-0.39, 0.29) is 35.3 Å². The molecule has 1 heterocycles. The van der Waals surface area contributed by atoms with Gasteiger partial charge in [0.1, 0.15) is 11.6 Å². The molecule has 2 aliphatic rings. The molecule has 1 aromatic carbocycles. The van der Waals surface area contributed by atoms with Gasteiger partial charge in [0.15, 0.2) is 0 Å². The van der Waals surface area contributed by atoms with E-state index >= 15 is 0 Å². The first-order chi connectivity index (χ1) is 10.1. The molecule has 2 N–H and O–H groups in total. The average molecular weight is 295 g/mol. The van der Waals surface area contributed by atoms with E-state index < -0.39 is 11.7 Å². The van der Waals surface area contributed by atoms with Gasteiger partial charge in [-0.05, 0) is 24.6 Å². The number of nitrogens with one attached hydrogen (secondary N) is 1. The van der Waals surface area contributed by atoms with Crippen LogP contribution < -0.4 is 5.32 Å². The zero-order valence-electron chi connectivity index (χ0n) is 11.7. The first-order valence-corrected chi connectivity index (χ1v) is 7.01. The summed E-state index contributed by atoms with van der Waals surface area (Å²) in [6.45, 7) is 1.18. The van der Waals surface area contributed by atoms with Crippen LogP contribution in [0.5, 0.6) is 5.75 Å². The Labute approximate surface area is 122 Å². The summed E-state index contributed by atoms with van der Waals surface area (Å²) in [5.41, 5.74) is -0.145. The Morgan fingerprint density at radius 2 is 2.38 bits per heavy atom. The number of hydrogen-bond acceptors (Lipinski definition) is 4. The fourth-order valence-electron chi connectivity index (χ4n) is 3.35. The number of benzene rings is 1. The molecule has 0 unspecified atom stereocenters. The maximum Gasteiger partial charge on any atom is 0.254 e. The minimum atomic E-state index is -0.646. The molecule has 114 valence electrons. The number of ether oxygens (including phenoxy) is 2. The number of fused-ring (bicyclic) bond motifs is 1. The number of phenolic OH excluding ortho intramolecular Hbond substituents is 1. The monoisotopic (exact) mass is 295 g/mol. The lowest BCUT2D eigenvalue weighted by Crippen LogP contribution is -2.62. The summed E-state index contributed by atoms with van der Waals surface area (Å²) in [5, 5.41) is 12.2. The highest BCUT2D eigenvalue weighted by atomic mass is 19.1. The highest BCUT2D eigenvalue weighted by Gasteiger charge is 2.54. The van der Waals surface area contributed by atoms with Crippen LogP contribution in [0.25, 0.3) is 0 Å². The van der Waals surface area contributed by atoms with Gasteiger partial charge in [-0.15, -0.1) is 0 Å². The highest BCUT2D eigenvalue weighted by Crippen LogP contribution is 2.43. The summed E-state index contributed by atoms with van der Waals surface area (Å²) in [7, 11) is 1.61. The maximum atomic E-state index is 13.7. The predicted octanol–water partition coefficient (Wildman–Crippen LogP) is 1.31. The third-order valence-electron chi connectivity index (χ3n) is 4.38. The Morgan fingerprint density at radius 3 is 3.14 bits per heavy atom. The smallest absolute Gasteiger partial charge is 0.254 e. The number of carbonyl (C=O) groups is 1. The molecule has 1 aromatic rings. The van der Waals surface area contributed by atoms with Crippen LogP contribution in [0.4, 0.5) is 4.39 Å². The molecule has 0 bridgehead atoms. The van der Waals surface area contributed by atoms with Crippen LogP contribution in [-0.4, -0.2) is 43.5 Å². The Hall–Kier alpha value is -1.66. The van der Waals surface area contributed by atoms with Gasteiger partial charge in [-0.2, -0.15) is 0 Å². The van der Waals surface area contributed by atoms with Gasteiger partial charge in [0, 0.05) is 31.6 Å². The van der Waals surface area contributed by atoms with Crippen molar-refractivity contribution in [2.75, 3.05) is 20.3 Å². The van der Waals surface area contributed by atoms with Crippen LogP contribution >= 0.6 is 0 Å². The Morgan fingerprint density at radius 1 is 1.57 bits per heavy atom.